The summed E-state index contributed by atoms with van der Waals surface area (Å²) in [5, 5.41) is 2.87. The van der Waals surface area contributed by atoms with E-state index in [1.54, 1.807) is 12.3 Å². The fraction of sp³-hybridized carbons (Fsp3) is 0.367. The molecule has 2 aromatic carbocycles. The summed E-state index contributed by atoms with van der Waals surface area (Å²) >= 11 is 0. The van der Waals surface area contributed by atoms with E-state index in [2.05, 4.69) is 39.6 Å². The van der Waals surface area contributed by atoms with Gasteiger partial charge in [-0.1, -0.05) is 54.6 Å². The maximum Gasteiger partial charge on any atom is 0.492 e. The van der Waals surface area contributed by atoms with Crippen LogP contribution in [0.25, 0.3) is 17.2 Å². The average Bonchev–Trinajstić information content (AvgIpc) is 3.38. The van der Waals surface area contributed by atoms with Crippen molar-refractivity contribution in [2.75, 3.05) is 27.4 Å². The first-order valence-corrected chi connectivity index (χ1v) is 13.2. The Labute approximate surface area is 235 Å². The predicted octanol–water partition coefficient (Wildman–Crippen LogP) is 5.05. The van der Waals surface area contributed by atoms with Gasteiger partial charge in [-0.15, -0.1) is 0 Å². The van der Waals surface area contributed by atoms with E-state index < -0.39 is 24.4 Å². The number of nitrogens with one attached hydrogen (secondary N) is 1. The molecule has 3 aromatic rings. The van der Waals surface area contributed by atoms with Gasteiger partial charge in [0, 0.05) is 18.7 Å². The average molecular weight is 543 g/mol. The van der Waals surface area contributed by atoms with Crippen LogP contribution in [0.4, 0.5) is 4.79 Å². The van der Waals surface area contributed by atoms with Crippen molar-refractivity contribution < 1.29 is 28.3 Å². The monoisotopic (exact) mass is 543 g/mol. The molecule has 208 valence electrons. The SMILES string of the molecule is COc1ncc(C=C(CNC(=O)OCC2c3ccccc3-c3ccccc32)B2OC(C)(C)C(C)(C)O2)c(OC)n1. The minimum absolute atomic E-state index is 0.0306. The standard InChI is InChI=1S/C30H34BN3O6/c1-29(2)30(3,4)40-31(39-29)20(15-19-16-32-27(37-6)34-26(19)36-5)17-33-28(35)38-18-25-23-13-9-7-11-21(23)22-12-8-10-14-24(22)25/h7-16,25H,17-18H2,1-6H3,(H,33,35). The van der Waals surface area contributed by atoms with Crippen LogP contribution >= 0.6 is 0 Å². The van der Waals surface area contributed by atoms with Crippen LogP contribution < -0.4 is 14.8 Å². The number of methoxy groups -OCH3 is 2. The molecule has 0 bridgehead atoms. The summed E-state index contributed by atoms with van der Waals surface area (Å²) in [4.78, 5) is 21.4. The third kappa shape index (κ3) is 5.29. The number of carbonyl (C=O) groups is 1. The summed E-state index contributed by atoms with van der Waals surface area (Å²) in [6.07, 6.45) is 2.84. The lowest BCUT2D eigenvalue weighted by atomic mass is 9.77. The molecular formula is C30H34BN3O6. The third-order valence-corrected chi connectivity index (χ3v) is 7.81. The number of rotatable bonds is 8. The minimum Gasteiger partial charge on any atom is -0.480 e. The van der Waals surface area contributed by atoms with Gasteiger partial charge < -0.3 is 28.8 Å². The van der Waals surface area contributed by atoms with E-state index in [0.29, 0.717) is 16.9 Å². The minimum atomic E-state index is -0.717. The van der Waals surface area contributed by atoms with E-state index in [1.165, 1.54) is 25.3 Å². The molecule has 0 saturated carbocycles. The number of ether oxygens (including phenoxy) is 3. The molecule has 1 amide bonds. The van der Waals surface area contributed by atoms with E-state index in [-0.39, 0.29) is 25.1 Å². The number of amides is 1. The fourth-order valence-electron chi connectivity index (χ4n) is 4.94. The lowest BCUT2D eigenvalue weighted by molar-refractivity contribution is 0.00578. The second-order valence-corrected chi connectivity index (χ2v) is 10.8. The molecule has 2 heterocycles. The summed E-state index contributed by atoms with van der Waals surface area (Å²) in [5.41, 5.74) is 4.76. The summed E-state index contributed by atoms with van der Waals surface area (Å²) < 4.78 is 28.9. The van der Waals surface area contributed by atoms with E-state index >= 15 is 0 Å². The van der Waals surface area contributed by atoms with Crippen molar-refractivity contribution in [1.29, 1.82) is 0 Å². The van der Waals surface area contributed by atoms with Gasteiger partial charge >= 0.3 is 19.2 Å². The Morgan fingerprint density at radius 3 is 2.15 bits per heavy atom. The second-order valence-electron chi connectivity index (χ2n) is 10.8. The lowest BCUT2D eigenvalue weighted by Gasteiger charge is -2.32. The number of carbonyl (C=O) groups excluding carboxylic acids is 1. The van der Waals surface area contributed by atoms with Crippen molar-refractivity contribution in [2.24, 2.45) is 0 Å². The summed E-state index contributed by atoms with van der Waals surface area (Å²) in [7, 11) is 2.28. The van der Waals surface area contributed by atoms with Crippen molar-refractivity contribution in [3.8, 4) is 23.0 Å². The largest absolute Gasteiger partial charge is 0.492 e. The van der Waals surface area contributed by atoms with E-state index in [9.17, 15) is 4.79 Å². The van der Waals surface area contributed by atoms with Crippen LogP contribution in [0.15, 0.2) is 60.2 Å². The van der Waals surface area contributed by atoms with Crippen LogP contribution in [0.5, 0.6) is 11.9 Å². The van der Waals surface area contributed by atoms with Gasteiger partial charge in [-0.05, 0) is 55.4 Å². The quantitative estimate of drug-likeness (QED) is 0.394. The molecule has 9 nitrogen and oxygen atoms in total. The fourth-order valence-corrected chi connectivity index (χ4v) is 4.94. The van der Waals surface area contributed by atoms with Crippen LogP contribution in [0.1, 0.15) is 50.3 Å². The first kappa shape index (κ1) is 27.7. The molecule has 0 radical (unpaired) electrons. The van der Waals surface area contributed by atoms with E-state index in [1.807, 2.05) is 52.0 Å². The summed E-state index contributed by atoms with van der Waals surface area (Å²) in [6, 6.07) is 16.6. The van der Waals surface area contributed by atoms with Gasteiger partial charge in [0.2, 0.25) is 5.88 Å². The molecule has 1 aliphatic carbocycles. The van der Waals surface area contributed by atoms with Crippen LogP contribution in [-0.4, -0.2) is 61.8 Å². The Balaban J connectivity index is 1.33. The zero-order valence-electron chi connectivity index (χ0n) is 23.7. The molecule has 40 heavy (non-hydrogen) atoms. The van der Waals surface area contributed by atoms with Gasteiger partial charge in [0.25, 0.3) is 0 Å². The maximum atomic E-state index is 12.9. The Bertz CT molecular complexity index is 1380. The number of hydrogen-bond donors (Lipinski definition) is 1. The Morgan fingerprint density at radius 1 is 0.975 bits per heavy atom. The first-order valence-electron chi connectivity index (χ1n) is 13.2. The molecule has 5 rings (SSSR count). The topological polar surface area (TPSA) is 101 Å². The number of fused-ring (bicyclic) bond motifs is 3. The molecule has 1 aliphatic heterocycles. The molecule has 1 aromatic heterocycles. The van der Waals surface area contributed by atoms with Crippen LogP contribution in [-0.2, 0) is 14.0 Å². The van der Waals surface area contributed by atoms with Crippen molar-refractivity contribution >= 4 is 19.3 Å². The smallest absolute Gasteiger partial charge is 0.480 e. The van der Waals surface area contributed by atoms with Gasteiger partial charge in [-0.3, -0.25) is 0 Å². The van der Waals surface area contributed by atoms with Gasteiger partial charge in [-0.2, -0.15) is 4.98 Å². The van der Waals surface area contributed by atoms with Gasteiger partial charge in [0.1, 0.15) is 6.61 Å². The van der Waals surface area contributed by atoms with Crippen LogP contribution in [0.2, 0.25) is 0 Å². The molecular weight excluding hydrogens is 509 g/mol. The van der Waals surface area contributed by atoms with Crippen molar-refractivity contribution in [1.82, 2.24) is 15.3 Å². The number of nitrogens with zero attached hydrogens (tertiary/aromatic N) is 2. The molecule has 1 N–H and O–H groups in total. The van der Waals surface area contributed by atoms with Crippen molar-refractivity contribution in [3.05, 3.63) is 76.9 Å². The highest BCUT2D eigenvalue weighted by Gasteiger charge is 2.52. The van der Waals surface area contributed by atoms with Crippen LogP contribution in [0, 0.1) is 0 Å². The van der Waals surface area contributed by atoms with Crippen LogP contribution in [0.3, 0.4) is 0 Å². The third-order valence-electron chi connectivity index (χ3n) is 7.81. The second kappa shape index (κ2) is 10.9. The molecule has 1 fully saturated rings. The highest BCUT2D eigenvalue weighted by atomic mass is 16.7. The first-order chi connectivity index (χ1) is 19.1. The lowest BCUT2D eigenvalue weighted by Crippen LogP contribution is -2.41. The number of hydrogen-bond acceptors (Lipinski definition) is 8. The normalized spacial score (nSPS) is 17.2. The van der Waals surface area contributed by atoms with Gasteiger partial charge in [-0.25, -0.2) is 9.78 Å². The van der Waals surface area contributed by atoms with Gasteiger partial charge in [0.05, 0.1) is 31.0 Å². The summed E-state index contributed by atoms with van der Waals surface area (Å²) in [6.45, 7) is 8.22. The van der Waals surface area contributed by atoms with E-state index in [0.717, 1.165) is 11.1 Å². The summed E-state index contributed by atoms with van der Waals surface area (Å²) in [5.74, 6) is 0.291. The molecule has 0 atom stereocenters. The highest BCUT2D eigenvalue weighted by Crippen LogP contribution is 2.44. The van der Waals surface area contributed by atoms with Crippen molar-refractivity contribution in [3.63, 3.8) is 0 Å². The molecule has 10 heteroatoms. The maximum absolute atomic E-state index is 12.9. The number of aromatic nitrogens is 2. The predicted molar refractivity (Wildman–Crippen MR) is 152 cm³/mol. The Morgan fingerprint density at radius 2 is 1.57 bits per heavy atom. The van der Waals surface area contributed by atoms with E-state index in [4.69, 9.17) is 23.5 Å². The zero-order valence-corrected chi connectivity index (χ0v) is 23.7. The van der Waals surface area contributed by atoms with Gasteiger partial charge in [0.15, 0.2) is 0 Å². The molecule has 2 aliphatic rings. The number of alkyl carbamates (subject to hydrolysis) is 1. The molecule has 0 unspecified atom stereocenters. The van der Waals surface area contributed by atoms with Crippen molar-refractivity contribution in [2.45, 2.75) is 44.8 Å². The Hall–Kier alpha value is -3.89. The molecule has 1 saturated heterocycles. The molecule has 0 spiro atoms. The zero-order chi connectivity index (χ0) is 28.5. The highest BCUT2D eigenvalue weighted by molar-refractivity contribution is 6.56. The Kier molecular flexibility index (Phi) is 7.57. The number of benzene rings is 2.